The Hall–Kier alpha value is -3.79. The molecule has 0 amide bonds. The highest BCUT2D eigenvalue weighted by Crippen LogP contribution is 2.36. The summed E-state index contributed by atoms with van der Waals surface area (Å²) in [5, 5.41) is 1.68. The molecule has 0 aliphatic heterocycles. The Bertz CT molecular complexity index is 1390. The predicted molar refractivity (Wildman–Crippen MR) is 113 cm³/mol. The van der Waals surface area contributed by atoms with Gasteiger partial charge in [0.25, 0.3) is 0 Å². The number of nitrogens with one attached hydrogen (secondary N) is 1. The van der Waals surface area contributed by atoms with Crippen LogP contribution in [0.1, 0.15) is 5.56 Å². The van der Waals surface area contributed by atoms with E-state index in [0.717, 1.165) is 38.9 Å². The number of pyridine rings is 3. The molecule has 0 saturated heterocycles. The Morgan fingerprint density at radius 1 is 0.893 bits per heavy atom. The van der Waals surface area contributed by atoms with E-state index in [2.05, 4.69) is 22.1 Å². The fraction of sp³-hybridized carbons (Fsp3) is 0.0417. The van der Waals surface area contributed by atoms with Gasteiger partial charge in [-0.3, -0.25) is 9.78 Å². The second kappa shape index (κ2) is 6.43. The smallest absolute Gasteiger partial charge is 0.191 e. The first-order valence-corrected chi connectivity index (χ1v) is 9.15. The lowest BCUT2D eigenvalue weighted by Crippen LogP contribution is -2.06. The summed E-state index contributed by atoms with van der Waals surface area (Å²) in [7, 11) is 0. The first-order chi connectivity index (χ1) is 13.7. The first-order valence-electron chi connectivity index (χ1n) is 9.15. The van der Waals surface area contributed by atoms with E-state index < -0.39 is 0 Å². The zero-order chi connectivity index (χ0) is 19.1. The lowest BCUT2D eigenvalue weighted by atomic mass is 9.92. The summed E-state index contributed by atoms with van der Waals surface area (Å²) in [6.07, 6.45) is 3.44. The van der Waals surface area contributed by atoms with E-state index in [9.17, 15) is 4.79 Å². The van der Waals surface area contributed by atoms with Crippen molar-refractivity contribution < 1.29 is 0 Å². The standard InChI is InChI=1S/C24H17N3O/c1-15-21(18-9-10-19-17(14-18)8-5-12-25-19)23(16-6-3-2-4-7-16)27-24-22(15)20(28)11-13-26-24/h2-14H,1H3,(H,26,27,28). The number of H-pyrrole nitrogens is 1. The number of aryl methyl sites for hydroxylation is 1. The molecule has 2 aromatic carbocycles. The Kier molecular flexibility index (Phi) is 3.76. The van der Waals surface area contributed by atoms with Gasteiger partial charge in [-0.15, -0.1) is 0 Å². The van der Waals surface area contributed by atoms with Gasteiger partial charge in [-0.1, -0.05) is 42.5 Å². The molecule has 0 aliphatic rings. The van der Waals surface area contributed by atoms with Gasteiger partial charge >= 0.3 is 0 Å². The molecule has 28 heavy (non-hydrogen) atoms. The molecule has 0 bridgehead atoms. The molecule has 3 aromatic heterocycles. The van der Waals surface area contributed by atoms with Crippen molar-refractivity contribution in [2.24, 2.45) is 0 Å². The molecule has 0 radical (unpaired) electrons. The van der Waals surface area contributed by atoms with Crippen molar-refractivity contribution in [1.82, 2.24) is 15.0 Å². The molecule has 5 aromatic rings. The molecule has 1 N–H and O–H groups in total. The second-order valence-electron chi connectivity index (χ2n) is 6.80. The van der Waals surface area contributed by atoms with Crippen molar-refractivity contribution in [2.45, 2.75) is 6.92 Å². The van der Waals surface area contributed by atoms with E-state index in [1.165, 1.54) is 0 Å². The molecule has 4 nitrogen and oxygen atoms in total. The minimum Gasteiger partial charge on any atom is -0.346 e. The quantitative estimate of drug-likeness (QED) is 0.474. The zero-order valence-electron chi connectivity index (χ0n) is 15.3. The van der Waals surface area contributed by atoms with Gasteiger partial charge in [0.05, 0.1) is 16.6 Å². The number of rotatable bonds is 2. The van der Waals surface area contributed by atoms with Gasteiger partial charge < -0.3 is 4.98 Å². The van der Waals surface area contributed by atoms with E-state index >= 15 is 0 Å². The number of aromatic nitrogens is 3. The van der Waals surface area contributed by atoms with Gasteiger partial charge in [-0.25, -0.2) is 4.98 Å². The minimum absolute atomic E-state index is 0.0259. The maximum atomic E-state index is 12.6. The molecule has 0 fully saturated rings. The second-order valence-corrected chi connectivity index (χ2v) is 6.80. The fourth-order valence-electron chi connectivity index (χ4n) is 3.78. The van der Waals surface area contributed by atoms with Crippen LogP contribution in [0.25, 0.3) is 44.3 Å². The fourth-order valence-corrected chi connectivity index (χ4v) is 3.78. The Balaban J connectivity index is 1.91. The molecular formula is C24H17N3O. The molecule has 0 aliphatic carbocycles. The highest BCUT2D eigenvalue weighted by Gasteiger charge is 2.17. The average molecular weight is 363 g/mol. The summed E-state index contributed by atoms with van der Waals surface area (Å²) >= 11 is 0. The first kappa shape index (κ1) is 16.4. The summed E-state index contributed by atoms with van der Waals surface area (Å²) in [6.45, 7) is 1.99. The van der Waals surface area contributed by atoms with Crippen molar-refractivity contribution in [1.29, 1.82) is 0 Å². The lowest BCUT2D eigenvalue weighted by molar-refractivity contribution is 1.26. The van der Waals surface area contributed by atoms with Crippen molar-refractivity contribution in [3.63, 3.8) is 0 Å². The SMILES string of the molecule is Cc1c(-c2ccc3ncccc3c2)c(-c2ccccc2)nc2[nH]ccc(=O)c12. The third kappa shape index (κ3) is 2.58. The number of hydrogen-bond acceptors (Lipinski definition) is 3. The average Bonchev–Trinajstić information content (AvgIpc) is 2.74. The van der Waals surface area contributed by atoms with Crippen LogP contribution in [0.5, 0.6) is 0 Å². The van der Waals surface area contributed by atoms with Crippen molar-refractivity contribution >= 4 is 21.9 Å². The van der Waals surface area contributed by atoms with Crippen LogP contribution in [0.15, 0.2) is 83.9 Å². The number of benzene rings is 2. The number of nitrogens with zero attached hydrogens (tertiary/aromatic N) is 2. The van der Waals surface area contributed by atoms with Crippen LogP contribution in [0, 0.1) is 6.92 Å². The van der Waals surface area contributed by atoms with Crippen LogP contribution in [-0.2, 0) is 0 Å². The van der Waals surface area contributed by atoms with E-state index in [4.69, 9.17) is 4.98 Å². The third-order valence-corrected chi connectivity index (χ3v) is 5.09. The molecule has 5 rings (SSSR count). The summed E-state index contributed by atoms with van der Waals surface area (Å²) < 4.78 is 0. The summed E-state index contributed by atoms with van der Waals surface area (Å²) in [6, 6.07) is 21.8. The summed E-state index contributed by atoms with van der Waals surface area (Å²) in [5.74, 6) is 0. The third-order valence-electron chi connectivity index (χ3n) is 5.09. The maximum Gasteiger partial charge on any atom is 0.191 e. The molecule has 4 heteroatoms. The molecular weight excluding hydrogens is 346 g/mol. The number of aromatic amines is 1. The normalized spacial score (nSPS) is 11.2. The van der Waals surface area contributed by atoms with Gasteiger partial charge in [0.1, 0.15) is 5.65 Å². The lowest BCUT2D eigenvalue weighted by Gasteiger charge is -2.15. The van der Waals surface area contributed by atoms with Crippen LogP contribution in [-0.4, -0.2) is 15.0 Å². The Morgan fingerprint density at radius 3 is 2.61 bits per heavy atom. The Labute approximate surface area is 161 Å². The van der Waals surface area contributed by atoms with Gasteiger partial charge in [0.2, 0.25) is 0 Å². The highest BCUT2D eigenvalue weighted by atomic mass is 16.1. The molecule has 3 heterocycles. The van der Waals surface area contributed by atoms with Crippen molar-refractivity contribution in [3.05, 3.63) is 94.9 Å². The van der Waals surface area contributed by atoms with Crippen LogP contribution in [0.2, 0.25) is 0 Å². The van der Waals surface area contributed by atoms with Crippen LogP contribution >= 0.6 is 0 Å². The molecule has 0 spiro atoms. The van der Waals surface area contributed by atoms with Gasteiger partial charge in [0, 0.05) is 35.0 Å². The number of hydrogen-bond donors (Lipinski definition) is 1. The van der Waals surface area contributed by atoms with Gasteiger partial charge in [-0.05, 0) is 36.2 Å². The van der Waals surface area contributed by atoms with Gasteiger partial charge in [-0.2, -0.15) is 0 Å². The van der Waals surface area contributed by atoms with E-state index in [-0.39, 0.29) is 5.43 Å². The van der Waals surface area contributed by atoms with E-state index in [1.807, 2.05) is 55.5 Å². The molecule has 134 valence electrons. The number of fused-ring (bicyclic) bond motifs is 2. The van der Waals surface area contributed by atoms with E-state index in [1.54, 1.807) is 18.5 Å². The summed E-state index contributed by atoms with van der Waals surface area (Å²) in [4.78, 5) is 25.0. The highest BCUT2D eigenvalue weighted by molar-refractivity contribution is 5.96. The maximum absolute atomic E-state index is 12.6. The monoisotopic (exact) mass is 363 g/mol. The zero-order valence-corrected chi connectivity index (χ0v) is 15.3. The largest absolute Gasteiger partial charge is 0.346 e. The van der Waals surface area contributed by atoms with Gasteiger partial charge in [0.15, 0.2) is 5.43 Å². The van der Waals surface area contributed by atoms with Crippen LogP contribution < -0.4 is 5.43 Å². The minimum atomic E-state index is -0.0259. The van der Waals surface area contributed by atoms with Crippen LogP contribution in [0.3, 0.4) is 0 Å². The predicted octanol–water partition coefficient (Wildman–Crippen LogP) is 5.11. The van der Waals surface area contributed by atoms with Crippen molar-refractivity contribution in [3.8, 4) is 22.4 Å². The molecule has 0 unspecified atom stereocenters. The summed E-state index contributed by atoms with van der Waals surface area (Å²) in [5.41, 5.74) is 6.31. The topological polar surface area (TPSA) is 58.6 Å². The molecule has 0 saturated carbocycles. The van der Waals surface area contributed by atoms with E-state index in [0.29, 0.717) is 11.0 Å². The molecule has 0 atom stereocenters. The van der Waals surface area contributed by atoms with Crippen molar-refractivity contribution in [2.75, 3.05) is 0 Å². The Morgan fingerprint density at radius 2 is 1.75 bits per heavy atom. The van der Waals surface area contributed by atoms with Crippen LogP contribution in [0.4, 0.5) is 0 Å².